The van der Waals surface area contributed by atoms with E-state index >= 15 is 0 Å². The zero-order chi connectivity index (χ0) is 12.9. The Morgan fingerprint density at radius 2 is 1.94 bits per heavy atom. The minimum Gasteiger partial charge on any atom is -0.391 e. The molecule has 1 heterocycles. The maximum atomic E-state index is 10.5. The molecule has 0 spiro atoms. The largest absolute Gasteiger partial charge is 0.391 e. The number of methoxy groups -OCH3 is 1. The second-order valence-electron chi connectivity index (χ2n) is 5.46. The quantitative estimate of drug-likeness (QED) is 0.762. The third-order valence-electron chi connectivity index (χ3n) is 3.87. The molecular weight excluding hydrogens is 218 g/mol. The molecule has 1 saturated heterocycles. The highest BCUT2D eigenvalue weighted by Gasteiger charge is 2.37. The molecule has 1 aliphatic heterocycles. The fraction of sp³-hybridized carbons (Fsp3) is 1.00. The van der Waals surface area contributed by atoms with E-state index in [1.807, 2.05) is 0 Å². The predicted molar refractivity (Wildman–Crippen MR) is 68.1 cm³/mol. The van der Waals surface area contributed by atoms with Gasteiger partial charge in [0.2, 0.25) is 0 Å². The van der Waals surface area contributed by atoms with E-state index in [0.717, 1.165) is 32.7 Å². The Balaban J connectivity index is 2.54. The van der Waals surface area contributed by atoms with Crippen LogP contribution in [0.4, 0.5) is 0 Å². The van der Waals surface area contributed by atoms with Crippen LogP contribution >= 0.6 is 0 Å². The number of aliphatic hydroxyl groups excluding tert-OH is 1. The topological polar surface area (TPSA) is 41.9 Å². The van der Waals surface area contributed by atoms with Crippen molar-refractivity contribution >= 4 is 0 Å². The first-order valence-corrected chi connectivity index (χ1v) is 6.50. The molecule has 0 amide bonds. The van der Waals surface area contributed by atoms with Gasteiger partial charge in [-0.2, -0.15) is 0 Å². The average Bonchev–Trinajstić information content (AvgIpc) is 2.36. The van der Waals surface area contributed by atoms with Crippen molar-refractivity contribution in [3.8, 4) is 0 Å². The minimum absolute atomic E-state index is 0.197. The van der Waals surface area contributed by atoms with Gasteiger partial charge in [0.05, 0.1) is 19.3 Å². The number of ether oxygens (including phenoxy) is 2. The third kappa shape index (κ3) is 3.91. The zero-order valence-corrected chi connectivity index (χ0v) is 11.6. The van der Waals surface area contributed by atoms with Crippen molar-refractivity contribution in [2.24, 2.45) is 5.92 Å². The second-order valence-corrected chi connectivity index (χ2v) is 5.46. The van der Waals surface area contributed by atoms with Gasteiger partial charge in [0.1, 0.15) is 0 Å². The molecule has 0 aromatic carbocycles. The molecule has 2 unspecified atom stereocenters. The first kappa shape index (κ1) is 14.9. The number of nitrogens with zero attached hydrogens (tertiary/aromatic N) is 1. The summed E-state index contributed by atoms with van der Waals surface area (Å²) in [7, 11) is 1.70. The first-order chi connectivity index (χ1) is 8.00. The van der Waals surface area contributed by atoms with Gasteiger partial charge in [0.15, 0.2) is 0 Å². The number of aliphatic hydroxyl groups is 1. The summed E-state index contributed by atoms with van der Waals surface area (Å²) in [6, 6.07) is 0. The molecule has 1 fully saturated rings. The molecule has 0 aromatic rings. The third-order valence-corrected chi connectivity index (χ3v) is 3.87. The lowest BCUT2D eigenvalue weighted by Crippen LogP contribution is -2.58. The molecule has 0 aliphatic carbocycles. The van der Waals surface area contributed by atoms with Crippen molar-refractivity contribution in [2.75, 3.05) is 40.0 Å². The summed E-state index contributed by atoms with van der Waals surface area (Å²) in [5.41, 5.74) is -0.197. The smallest absolute Gasteiger partial charge is 0.0744 e. The van der Waals surface area contributed by atoms with Gasteiger partial charge in [-0.1, -0.05) is 6.92 Å². The molecule has 1 N–H and O–H groups in total. The van der Waals surface area contributed by atoms with Gasteiger partial charge in [-0.3, -0.25) is 4.90 Å². The summed E-state index contributed by atoms with van der Waals surface area (Å²) >= 11 is 0. The number of hydrogen-bond acceptors (Lipinski definition) is 4. The van der Waals surface area contributed by atoms with E-state index < -0.39 is 0 Å². The Morgan fingerprint density at radius 3 is 2.47 bits per heavy atom. The highest BCUT2D eigenvalue weighted by Crippen LogP contribution is 2.26. The van der Waals surface area contributed by atoms with Crippen molar-refractivity contribution in [3.05, 3.63) is 0 Å². The standard InChI is InChI=1S/C13H27NO3/c1-11(5-8-16-4)12(15)13(2,3)14-6-9-17-10-7-14/h11-12,15H,5-10H2,1-4H3. The van der Waals surface area contributed by atoms with Crippen LogP contribution in [0.3, 0.4) is 0 Å². The molecular formula is C13H27NO3. The molecule has 2 atom stereocenters. The molecule has 1 rings (SSSR count). The van der Waals surface area contributed by atoms with Crippen molar-refractivity contribution in [1.82, 2.24) is 4.90 Å². The van der Waals surface area contributed by atoms with Crippen LogP contribution in [-0.2, 0) is 9.47 Å². The maximum Gasteiger partial charge on any atom is 0.0744 e. The van der Waals surface area contributed by atoms with Crippen molar-refractivity contribution in [3.63, 3.8) is 0 Å². The second kappa shape index (κ2) is 6.69. The predicted octanol–water partition coefficient (Wildman–Crippen LogP) is 1.13. The Kier molecular flexibility index (Phi) is 5.86. The van der Waals surface area contributed by atoms with Crippen molar-refractivity contribution in [1.29, 1.82) is 0 Å². The normalized spacial score (nSPS) is 22.4. The number of hydrogen-bond donors (Lipinski definition) is 1. The van der Waals surface area contributed by atoms with E-state index in [9.17, 15) is 5.11 Å². The first-order valence-electron chi connectivity index (χ1n) is 6.50. The summed E-state index contributed by atoms with van der Waals surface area (Å²) in [5, 5.41) is 10.5. The molecule has 0 aromatic heterocycles. The zero-order valence-electron chi connectivity index (χ0n) is 11.6. The average molecular weight is 245 g/mol. The monoisotopic (exact) mass is 245 g/mol. The maximum absolute atomic E-state index is 10.5. The molecule has 102 valence electrons. The number of morpholine rings is 1. The van der Waals surface area contributed by atoms with E-state index in [1.165, 1.54) is 0 Å². The van der Waals surface area contributed by atoms with E-state index in [-0.39, 0.29) is 17.6 Å². The van der Waals surface area contributed by atoms with Crippen LogP contribution in [0.15, 0.2) is 0 Å². The van der Waals surface area contributed by atoms with E-state index in [4.69, 9.17) is 9.47 Å². The van der Waals surface area contributed by atoms with Crippen LogP contribution < -0.4 is 0 Å². The van der Waals surface area contributed by atoms with Gasteiger partial charge in [0.25, 0.3) is 0 Å². The van der Waals surface area contributed by atoms with Crippen LogP contribution in [0.2, 0.25) is 0 Å². The Labute approximate surface area is 105 Å². The fourth-order valence-corrected chi connectivity index (χ4v) is 2.48. The Hall–Kier alpha value is -0.160. The molecule has 4 heteroatoms. The van der Waals surface area contributed by atoms with Crippen LogP contribution in [0.5, 0.6) is 0 Å². The Bertz CT molecular complexity index is 215. The van der Waals surface area contributed by atoms with Crippen molar-refractivity contribution < 1.29 is 14.6 Å². The molecule has 0 radical (unpaired) electrons. The summed E-state index contributed by atoms with van der Waals surface area (Å²) in [4.78, 5) is 2.32. The minimum atomic E-state index is -0.337. The van der Waals surface area contributed by atoms with Crippen molar-refractivity contribution in [2.45, 2.75) is 38.8 Å². The summed E-state index contributed by atoms with van der Waals surface area (Å²) < 4.78 is 10.4. The SMILES string of the molecule is COCCC(C)C(O)C(C)(C)N1CCOCC1. The van der Waals surface area contributed by atoms with Gasteiger partial charge in [0, 0.05) is 32.3 Å². The molecule has 17 heavy (non-hydrogen) atoms. The van der Waals surface area contributed by atoms with Gasteiger partial charge >= 0.3 is 0 Å². The lowest BCUT2D eigenvalue weighted by atomic mass is 9.84. The van der Waals surface area contributed by atoms with Gasteiger partial charge in [-0.15, -0.1) is 0 Å². The summed E-state index contributed by atoms with van der Waals surface area (Å²) in [6.45, 7) is 10.4. The Morgan fingerprint density at radius 1 is 1.35 bits per heavy atom. The van der Waals surface area contributed by atoms with Gasteiger partial charge in [-0.05, 0) is 26.2 Å². The highest BCUT2D eigenvalue weighted by molar-refractivity contribution is 4.92. The molecule has 0 bridgehead atoms. The lowest BCUT2D eigenvalue weighted by molar-refractivity contribution is -0.0806. The van der Waals surface area contributed by atoms with Crippen LogP contribution in [-0.4, -0.2) is 61.7 Å². The lowest BCUT2D eigenvalue weighted by Gasteiger charge is -2.45. The van der Waals surface area contributed by atoms with Crippen LogP contribution in [0, 0.1) is 5.92 Å². The summed E-state index contributed by atoms with van der Waals surface area (Å²) in [6.07, 6.45) is 0.557. The fourth-order valence-electron chi connectivity index (χ4n) is 2.48. The molecule has 1 aliphatic rings. The van der Waals surface area contributed by atoms with E-state index in [1.54, 1.807) is 7.11 Å². The van der Waals surface area contributed by atoms with E-state index in [2.05, 4.69) is 25.7 Å². The van der Waals surface area contributed by atoms with Crippen LogP contribution in [0.25, 0.3) is 0 Å². The van der Waals surface area contributed by atoms with Gasteiger partial charge < -0.3 is 14.6 Å². The van der Waals surface area contributed by atoms with Crippen LogP contribution in [0.1, 0.15) is 27.2 Å². The highest BCUT2D eigenvalue weighted by atomic mass is 16.5. The number of rotatable bonds is 6. The summed E-state index contributed by atoms with van der Waals surface area (Å²) in [5.74, 6) is 0.243. The molecule has 4 nitrogen and oxygen atoms in total. The van der Waals surface area contributed by atoms with Gasteiger partial charge in [-0.25, -0.2) is 0 Å². The van der Waals surface area contributed by atoms with E-state index in [0.29, 0.717) is 6.61 Å². The molecule has 0 saturated carbocycles.